The summed E-state index contributed by atoms with van der Waals surface area (Å²) in [5.41, 5.74) is -0.0388. The van der Waals surface area contributed by atoms with Crippen LogP contribution in [0.15, 0.2) is 36.4 Å². The number of aromatic carboxylic acids is 1. The molecule has 2 rings (SSSR count). The number of carbonyl (C=O) groups is 1. The molecule has 0 heterocycles. The average molecular weight is 306 g/mol. The molecule has 0 saturated heterocycles. The summed E-state index contributed by atoms with van der Waals surface area (Å²) in [6.45, 7) is 0. The predicted molar refractivity (Wildman–Crippen MR) is 70.1 cm³/mol. The Morgan fingerprint density at radius 2 is 1.69 bits per heavy atom. The zero-order valence-corrected chi connectivity index (χ0v) is 10.6. The Morgan fingerprint density at radius 3 is 2.31 bits per heavy atom. The molecule has 0 aliphatic carbocycles. The number of fused-ring (bicyclic) bond motifs is 1. The highest BCUT2D eigenvalue weighted by Gasteiger charge is 2.12. The van der Waals surface area contributed by atoms with E-state index in [1.807, 2.05) is 6.07 Å². The van der Waals surface area contributed by atoms with Crippen LogP contribution in [0, 0.1) is 0 Å². The van der Waals surface area contributed by atoms with Crippen LogP contribution in [0.4, 0.5) is 0 Å². The van der Waals surface area contributed by atoms with Gasteiger partial charge in [-0.2, -0.15) is 0 Å². The van der Waals surface area contributed by atoms with Crippen molar-refractivity contribution in [1.29, 1.82) is 0 Å². The van der Waals surface area contributed by atoms with Gasteiger partial charge in [0.1, 0.15) is 11.3 Å². The SMILES string of the molecule is Br.Cl.O=C(O)c1c(O)ccc2ccccc12. The van der Waals surface area contributed by atoms with E-state index in [9.17, 15) is 9.90 Å². The average Bonchev–Trinajstić information content (AvgIpc) is 2.17. The number of carboxylic acids is 1. The van der Waals surface area contributed by atoms with Gasteiger partial charge < -0.3 is 10.2 Å². The third-order valence-electron chi connectivity index (χ3n) is 2.12. The Kier molecular flexibility index (Phi) is 5.27. The van der Waals surface area contributed by atoms with E-state index in [4.69, 9.17) is 5.11 Å². The summed E-state index contributed by atoms with van der Waals surface area (Å²) >= 11 is 0. The molecule has 0 atom stereocenters. The van der Waals surface area contributed by atoms with Crippen molar-refractivity contribution in [3.05, 3.63) is 42.0 Å². The molecule has 3 nitrogen and oxygen atoms in total. The number of hydrogen-bond donors (Lipinski definition) is 2. The van der Waals surface area contributed by atoms with Crippen molar-refractivity contribution in [2.75, 3.05) is 0 Å². The number of rotatable bonds is 1. The molecule has 0 amide bonds. The fourth-order valence-electron chi connectivity index (χ4n) is 1.48. The van der Waals surface area contributed by atoms with Crippen LogP contribution >= 0.6 is 29.4 Å². The summed E-state index contributed by atoms with van der Waals surface area (Å²) in [5, 5.41) is 19.7. The van der Waals surface area contributed by atoms with Gasteiger partial charge >= 0.3 is 5.97 Å². The molecule has 2 aromatic rings. The first-order valence-electron chi connectivity index (χ1n) is 4.14. The van der Waals surface area contributed by atoms with E-state index in [0.29, 0.717) is 5.39 Å². The van der Waals surface area contributed by atoms with Crippen LogP contribution in [-0.4, -0.2) is 16.2 Å². The van der Waals surface area contributed by atoms with Gasteiger partial charge in [0.25, 0.3) is 0 Å². The van der Waals surface area contributed by atoms with Crippen LogP contribution in [0.1, 0.15) is 10.4 Å². The molecule has 5 heteroatoms. The Bertz CT molecular complexity index is 514. The summed E-state index contributed by atoms with van der Waals surface area (Å²) in [6.07, 6.45) is 0. The Morgan fingerprint density at radius 1 is 1.06 bits per heavy atom. The molecule has 2 aromatic carbocycles. The molecule has 0 fully saturated rings. The van der Waals surface area contributed by atoms with Crippen LogP contribution in [0.3, 0.4) is 0 Å². The summed E-state index contributed by atoms with van der Waals surface area (Å²) in [5.74, 6) is -1.31. The first-order valence-corrected chi connectivity index (χ1v) is 4.14. The molecule has 86 valence electrons. The lowest BCUT2D eigenvalue weighted by molar-refractivity contribution is 0.0696. The zero-order chi connectivity index (χ0) is 10.1. The number of hydrogen-bond acceptors (Lipinski definition) is 2. The Labute approximate surface area is 109 Å². The minimum atomic E-state index is -1.11. The van der Waals surface area contributed by atoms with Gasteiger partial charge in [-0.1, -0.05) is 30.3 Å². The molecule has 0 bridgehead atoms. The number of benzene rings is 2. The fourth-order valence-corrected chi connectivity index (χ4v) is 1.48. The van der Waals surface area contributed by atoms with Gasteiger partial charge in [0.2, 0.25) is 0 Å². The maximum absolute atomic E-state index is 10.9. The van der Waals surface area contributed by atoms with Crippen molar-refractivity contribution in [3.8, 4) is 5.75 Å². The van der Waals surface area contributed by atoms with Crippen LogP contribution in [-0.2, 0) is 0 Å². The number of phenols is 1. The molecule has 0 aliphatic rings. The van der Waals surface area contributed by atoms with Crippen LogP contribution < -0.4 is 0 Å². The highest BCUT2D eigenvalue weighted by molar-refractivity contribution is 8.93. The quantitative estimate of drug-likeness (QED) is 0.850. The summed E-state index contributed by atoms with van der Waals surface area (Å²) in [4.78, 5) is 10.9. The van der Waals surface area contributed by atoms with Gasteiger partial charge in [-0.3, -0.25) is 0 Å². The first-order chi connectivity index (χ1) is 6.70. The van der Waals surface area contributed by atoms with E-state index < -0.39 is 5.97 Å². The van der Waals surface area contributed by atoms with E-state index in [2.05, 4.69) is 0 Å². The third kappa shape index (κ3) is 2.46. The number of carboxylic acid groups (broad SMARTS) is 1. The molecule has 0 saturated carbocycles. The van der Waals surface area contributed by atoms with Gasteiger partial charge in [-0.15, -0.1) is 29.4 Å². The summed E-state index contributed by atoms with van der Waals surface area (Å²) < 4.78 is 0. The lowest BCUT2D eigenvalue weighted by Gasteiger charge is -2.03. The third-order valence-corrected chi connectivity index (χ3v) is 2.12. The highest BCUT2D eigenvalue weighted by atomic mass is 79.9. The second-order valence-electron chi connectivity index (χ2n) is 2.99. The van der Waals surface area contributed by atoms with E-state index in [1.165, 1.54) is 6.07 Å². The lowest BCUT2D eigenvalue weighted by atomic mass is 10.0. The Balaban J connectivity index is 0.00000112. The monoisotopic (exact) mass is 304 g/mol. The molecule has 2 N–H and O–H groups in total. The zero-order valence-electron chi connectivity index (χ0n) is 8.08. The van der Waals surface area contributed by atoms with Gasteiger partial charge in [0, 0.05) is 0 Å². The van der Waals surface area contributed by atoms with Crippen LogP contribution in [0.5, 0.6) is 5.75 Å². The van der Waals surface area contributed by atoms with Gasteiger partial charge in [-0.05, 0) is 16.8 Å². The lowest BCUT2D eigenvalue weighted by Crippen LogP contribution is -1.97. The van der Waals surface area contributed by atoms with E-state index in [0.717, 1.165) is 5.39 Å². The van der Waals surface area contributed by atoms with E-state index >= 15 is 0 Å². The second-order valence-corrected chi connectivity index (χ2v) is 2.99. The van der Waals surface area contributed by atoms with Crippen LogP contribution in [0.25, 0.3) is 10.8 Å². The maximum Gasteiger partial charge on any atom is 0.340 e. The highest BCUT2D eigenvalue weighted by Crippen LogP contribution is 2.26. The molecule has 0 aliphatic heterocycles. The first kappa shape index (κ1) is 14.7. The smallest absolute Gasteiger partial charge is 0.340 e. The largest absolute Gasteiger partial charge is 0.507 e. The topological polar surface area (TPSA) is 57.5 Å². The van der Waals surface area contributed by atoms with Crippen molar-refractivity contribution < 1.29 is 15.0 Å². The fraction of sp³-hybridized carbons (Fsp3) is 0. The van der Waals surface area contributed by atoms with Gasteiger partial charge in [-0.25, -0.2) is 4.79 Å². The minimum absolute atomic E-state index is 0. The van der Waals surface area contributed by atoms with Crippen molar-refractivity contribution in [2.24, 2.45) is 0 Å². The molecule has 16 heavy (non-hydrogen) atoms. The minimum Gasteiger partial charge on any atom is -0.507 e. The van der Waals surface area contributed by atoms with Crippen molar-refractivity contribution in [3.63, 3.8) is 0 Å². The van der Waals surface area contributed by atoms with Crippen molar-refractivity contribution in [2.45, 2.75) is 0 Å². The molecular weight excluding hydrogens is 295 g/mol. The van der Waals surface area contributed by atoms with Crippen molar-refractivity contribution in [1.82, 2.24) is 0 Å². The van der Waals surface area contributed by atoms with Crippen molar-refractivity contribution >= 4 is 46.1 Å². The van der Waals surface area contributed by atoms with Gasteiger partial charge in [0.05, 0.1) is 0 Å². The molecule has 0 radical (unpaired) electrons. The second kappa shape index (κ2) is 5.72. The predicted octanol–water partition coefficient (Wildman–Crippen LogP) is 3.24. The molecule has 0 aromatic heterocycles. The van der Waals surface area contributed by atoms with Crippen LogP contribution in [0.2, 0.25) is 0 Å². The number of aromatic hydroxyl groups is 1. The maximum atomic E-state index is 10.9. The van der Waals surface area contributed by atoms with Gasteiger partial charge in [0.15, 0.2) is 0 Å². The Hall–Kier alpha value is -1.26. The van der Waals surface area contributed by atoms with E-state index in [1.54, 1.807) is 24.3 Å². The van der Waals surface area contributed by atoms with E-state index in [-0.39, 0.29) is 40.7 Å². The molecular formula is C11H10BrClO3. The normalized spacial score (nSPS) is 9.00. The summed E-state index contributed by atoms with van der Waals surface area (Å²) in [7, 11) is 0. The summed E-state index contributed by atoms with van der Waals surface area (Å²) in [6, 6.07) is 10.1. The molecule has 0 spiro atoms. The molecule has 0 unspecified atom stereocenters. The number of halogens is 2. The standard InChI is InChI=1S/C11H8O3.BrH.ClH/c12-9-6-5-7-3-1-2-4-8(7)10(9)11(13)14;;/h1-6,12H,(H,13,14);2*1H.